The number of nitrogens with zero attached hydrogens (tertiary/aromatic N) is 2. The minimum Gasteiger partial charge on any atom is -0.372 e. The van der Waals surface area contributed by atoms with E-state index in [9.17, 15) is 14.4 Å². The van der Waals surface area contributed by atoms with E-state index < -0.39 is 11.8 Å². The SMILES string of the molecule is Cc1c(Cl)cccc1N1C(=O)C(Cl)=C(Nc2cccc(C(=O)Nc3ccc(N4CCCC4)cc3)c2)C1=O. The van der Waals surface area contributed by atoms with E-state index in [-0.39, 0.29) is 16.6 Å². The van der Waals surface area contributed by atoms with Gasteiger partial charge in [-0.2, -0.15) is 0 Å². The standard InChI is InChI=1S/C28H24Cl2N4O3/c1-17-22(29)8-5-9-23(17)34-27(36)24(30)25(28(34)37)31-20-7-4-6-18(16-20)26(35)32-19-10-12-21(13-11-19)33-14-2-3-15-33/h4-13,16,31H,2-3,14-15H2,1H3,(H,32,35). The number of halogens is 2. The van der Waals surface area contributed by atoms with Gasteiger partial charge in [0.1, 0.15) is 10.7 Å². The Hall–Kier alpha value is -3.81. The highest BCUT2D eigenvalue weighted by molar-refractivity contribution is 6.53. The van der Waals surface area contributed by atoms with Gasteiger partial charge >= 0.3 is 0 Å². The highest BCUT2D eigenvalue weighted by atomic mass is 35.5. The minimum absolute atomic E-state index is 0.0684. The van der Waals surface area contributed by atoms with Crippen molar-refractivity contribution >= 4 is 63.7 Å². The summed E-state index contributed by atoms with van der Waals surface area (Å²) in [5.74, 6) is -1.55. The smallest absolute Gasteiger partial charge is 0.283 e. The molecule has 1 fully saturated rings. The summed E-state index contributed by atoms with van der Waals surface area (Å²) < 4.78 is 0. The highest BCUT2D eigenvalue weighted by Gasteiger charge is 2.39. The van der Waals surface area contributed by atoms with Crippen LogP contribution in [0.3, 0.4) is 0 Å². The van der Waals surface area contributed by atoms with Crippen LogP contribution in [0.15, 0.2) is 77.5 Å². The van der Waals surface area contributed by atoms with Gasteiger partial charge in [0, 0.05) is 40.7 Å². The third-order valence-corrected chi connectivity index (χ3v) is 7.26. The molecule has 3 aromatic carbocycles. The fourth-order valence-corrected chi connectivity index (χ4v) is 4.87. The molecular formula is C28H24Cl2N4O3. The first-order valence-electron chi connectivity index (χ1n) is 11.9. The van der Waals surface area contributed by atoms with Crippen LogP contribution in [-0.4, -0.2) is 30.8 Å². The summed E-state index contributed by atoms with van der Waals surface area (Å²) in [6.45, 7) is 3.83. The molecule has 0 bridgehead atoms. The van der Waals surface area contributed by atoms with E-state index in [1.807, 2.05) is 24.3 Å². The number of carbonyl (C=O) groups excluding carboxylic acids is 3. The van der Waals surface area contributed by atoms with Gasteiger partial charge in [-0.3, -0.25) is 14.4 Å². The monoisotopic (exact) mass is 534 g/mol. The van der Waals surface area contributed by atoms with Gasteiger partial charge in [0.2, 0.25) is 0 Å². The first-order chi connectivity index (χ1) is 17.8. The van der Waals surface area contributed by atoms with Crippen LogP contribution in [0.4, 0.5) is 22.7 Å². The van der Waals surface area contributed by atoms with Gasteiger partial charge in [-0.1, -0.05) is 35.3 Å². The normalized spacial score (nSPS) is 15.5. The number of benzene rings is 3. The molecule has 2 aliphatic heterocycles. The number of imide groups is 1. The molecule has 2 aliphatic rings. The Balaban J connectivity index is 1.30. The maximum Gasteiger partial charge on any atom is 0.283 e. The van der Waals surface area contributed by atoms with Crippen LogP contribution in [-0.2, 0) is 9.59 Å². The molecular weight excluding hydrogens is 511 g/mol. The Labute approximate surface area is 224 Å². The topological polar surface area (TPSA) is 81.8 Å². The Kier molecular flexibility index (Phi) is 6.91. The fourth-order valence-electron chi connectivity index (χ4n) is 4.49. The molecule has 188 valence electrons. The lowest BCUT2D eigenvalue weighted by Gasteiger charge is -2.18. The van der Waals surface area contributed by atoms with Crippen LogP contribution >= 0.6 is 23.2 Å². The van der Waals surface area contributed by atoms with Crippen molar-refractivity contribution < 1.29 is 14.4 Å². The zero-order valence-electron chi connectivity index (χ0n) is 20.1. The van der Waals surface area contributed by atoms with Crippen molar-refractivity contribution in [3.63, 3.8) is 0 Å². The first-order valence-corrected chi connectivity index (χ1v) is 12.7. The summed E-state index contributed by atoms with van der Waals surface area (Å²) in [6, 6.07) is 19.4. The maximum atomic E-state index is 13.2. The van der Waals surface area contributed by atoms with Crippen molar-refractivity contribution in [1.82, 2.24) is 0 Å². The molecule has 0 radical (unpaired) electrons. The largest absolute Gasteiger partial charge is 0.372 e. The van der Waals surface area contributed by atoms with E-state index in [1.54, 1.807) is 49.4 Å². The van der Waals surface area contributed by atoms with Crippen molar-refractivity contribution in [3.05, 3.63) is 93.6 Å². The fraction of sp³-hybridized carbons (Fsp3) is 0.179. The van der Waals surface area contributed by atoms with Crippen LogP contribution in [0.1, 0.15) is 28.8 Å². The van der Waals surface area contributed by atoms with Crippen LogP contribution < -0.4 is 20.4 Å². The molecule has 2 N–H and O–H groups in total. The molecule has 0 unspecified atom stereocenters. The molecule has 0 aromatic heterocycles. The van der Waals surface area contributed by atoms with Gasteiger partial charge in [0.15, 0.2) is 0 Å². The molecule has 2 heterocycles. The zero-order chi connectivity index (χ0) is 26.1. The number of amides is 3. The molecule has 0 spiro atoms. The van der Waals surface area contributed by atoms with Crippen LogP contribution in [0.25, 0.3) is 0 Å². The molecule has 0 saturated carbocycles. The molecule has 3 aromatic rings. The second kappa shape index (κ2) is 10.3. The summed E-state index contributed by atoms with van der Waals surface area (Å²) in [4.78, 5) is 42.2. The number of hydrogen-bond acceptors (Lipinski definition) is 5. The summed E-state index contributed by atoms with van der Waals surface area (Å²) >= 11 is 12.5. The lowest BCUT2D eigenvalue weighted by Crippen LogP contribution is -2.32. The molecule has 0 aliphatic carbocycles. The van der Waals surface area contributed by atoms with E-state index >= 15 is 0 Å². The van der Waals surface area contributed by atoms with Gasteiger partial charge in [-0.05, 0) is 79.9 Å². The predicted octanol–water partition coefficient (Wildman–Crippen LogP) is 5.94. The summed E-state index contributed by atoms with van der Waals surface area (Å²) in [5, 5.41) is 6.01. The van der Waals surface area contributed by atoms with E-state index in [0.29, 0.717) is 33.2 Å². The second-order valence-corrected chi connectivity index (χ2v) is 9.70. The number of hydrogen-bond donors (Lipinski definition) is 2. The van der Waals surface area contributed by atoms with Crippen LogP contribution in [0.5, 0.6) is 0 Å². The average molecular weight is 535 g/mol. The summed E-state index contributed by atoms with van der Waals surface area (Å²) in [7, 11) is 0. The van der Waals surface area contributed by atoms with Crippen molar-refractivity contribution in [2.45, 2.75) is 19.8 Å². The minimum atomic E-state index is -0.647. The van der Waals surface area contributed by atoms with Gasteiger partial charge < -0.3 is 15.5 Å². The predicted molar refractivity (Wildman–Crippen MR) is 147 cm³/mol. The molecule has 37 heavy (non-hydrogen) atoms. The van der Waals surface area contributed by atoms with E-state index in [1.165, 1.54) is 12.8 Å². The molecule has 9 heteroatoms. The highest BCUT2D eigenvalue weighted by Crippen LogP contribution is 2.34. The molecule has 7 nitrogen and oxygen atoms in total. The Morgan fingerprint density at radius 2 is 1.57 bits per heavy atom. The van der Waals surface area contributed by atoms with Gasteiger partial charge in [0.25, 0.3) is 17.7 Å². The summed E-state index contributed by atoms with van der Waals surface area (Å²) in [6.07, 6.45) is 2.39. The quantitative estimate of drug-likeness (QED) is 0.382. The Morgan fingerprint density at radius 3 is 2.30 bits per heavy atom. The van der Waals surface area contributed by atoms with Crippen molar-refractivity contribution in [1.29, 1.82) is 0 Å². The number of carbonyl (C=O) groups is 3. The third-order valence-electron chi connectivity index (χ3n) is 6.50. The average Bonchev–Trinajstić information content (AvgIpc) is 3.51. The van der Waals surface area contributed by atoms with Crippen molar-refractivity contribution in [3.8, 4) is 0 Å². The van der Waals surface area contributed by atoms with E-state index in [4.69, 9.17) is 23.2 Å². The lowest BCUT2D eigenvalue weighted by atomic mass is 10.1. The Bertz CT molecular complexity index is 1430. The molecule has 3 amide bonds. The lowest BCUT2D eigenvalue weighted by molar-refractivity contribution is -0.120. The van der Waals surface area contributed by atoms with Gasteiger partial charge in [-0.15, -0.1) is 0 Å². The third kappa shape index (κ3) is 4.92. The summed E-state index contributed by atoms with van der Waals surface area (Å²) in [5.41, 5.74) is 3.53. The van der Waals surface area contributed by atoms with Gasteiger partial charge in [-0.25, -0.2) is 4.90 Å². The van der Waals surface area contributed by atoms with Crippen molar-refractivity contribution in [2.24, 2.45) is 0 Å². The zero-order valence-corrected chi connectivity index (χ0v) is 21.6. The van der Waals surface area contributed by atoms with Gasteiger partial charge in [0.05, 0.1) is 5.69 Å². The number of rotatable bonds is 6. The van der Waals surface area contributed by atoms with Crippen molar-refractivity contribution in [2.75, 3.05) is 33.5 Å². The van der Waals surface area contributed by atoms with Crippen LogP contribution in [0, 0.1) is 6.92 Å². The molecule has 5 rings (SSSR count). The van der Waals surface area contributed by atoms with E-state index in [0.717, 1.165) is 23.7 Å². The van der Waals surface area contributed by atoms with Crippen LogP contribution in [0.2, 0.25) is 5.02 Å². The first kappa shape index (κ1) is 24.9. The molecule has 0 atom stereocenters. The molecule has 1 saturated heterocycles. The maximum absolute atomic E-state index is 13.2. The number of anilines is 4. The number of nitrogens with one attached hydrogen (secondary N) is 2. The second-order valence-electron chi connectivity index (χ2n) is 8.92. The Morgan fingerprint density at radius 1 is 0.865 bits per heavy atom. The van der Waals surface area contributed by atoms with E-state index in [2.05, 4.69) is 15.5 Å².